The molecule has 2 amide bonds. The molecule has 1 fully saturated rings. The first kappa shape index (κ1) is 32.7. The fourth-order valence-electron chi connectivity index (χ4n) is 2.70. The largest absolute Gasteiger partial charge is 0.480 e. The number of nitrogens with one attached hydrogen (secondary N) is 1. The molecule has 1 saturated heterocycles. The van der Waals surface area contributed by atoms with Crippen LogP contribution in [0.15, 0.2) is 12.3 Å². The summed E-state index contributed by atoms with van der Waals surface area (Å²) >= 11 is 0. The Kier molecular flexibility index (Phi) is 11.9. The van der Waals surface area contributed by atoms with E-state index in [1.54, 1.807) is 60.4 Å². The van der Waals surface area contributed by atoms with E-state index in [1.165, 1.54) is 12.3 Å². The second-order valence-corrected chi connectivity index (χ2v) is 12.4. The van der Waals surface area contributed by atoms with Gasteiger partial charge in [0.1, 0.15) is 6.23 Å². The SMILES string of the molecule is CN(/C=C\C(=O)NC=O)C1CC[C@@](C)(COP(=O)(OCOC(=O)C(C)(C)C)OCOC(=O)C(C)(C)C)O1. The molecule has 0 aromatic rings. The molecule has 0 radical (unpaired) electrons. The zero-order chi connectivity index (χ0) is 28.5. The molecule has 0 aromatic carbocycles. The molecule has 13 nitrogen and oxygen atoms in total. The van der Waals surface area contributed by atoms with Crippen LogP contribution in [0.5, 0.6) is 0 Å². The number of hydrogen-bond acceptors (Lipinski definition) is 12. The molecular formula is C23H39N2O11P. The Hall–Kier alpha value is -2.31. The van der Waals surface area contributed by atoms with Crippen LogP contribution in [-0.4, -0.2) is 68.2 Å². The van der Waals surface area contributed by atoms with E-state index in [-0.39, 0.29) is 13.0 Å². The van der Waals surface area contributed by atoms with Crippen molar-refractivity contribution in [1.29, 1.82) is 0 Å². The van der Waals surface area contributed by atoms with E-state index in [9.17, 15) is 23.7 Å². The van der Waals surface area contributed by atoms with E-state index in [0.29, 0.717) is 12.8 Å². The summed E-state index contributed by atoms with van der Waals surface area (Å²) in [5, 5.41) is 1.99. The van der Waals surface area contributed by atoms with E-state index in [2.05, 4.69) is 0 Å². The van der Waals surface area contributed by atoms with Gasteiger partial charge in [0.05, 0.1) is 23.0 Å². The summed E-state index contributed by atoms with van der Waals surface area (Å²) < 4.78 is 45.0. The standard InChI is InChI=1S/C23H39N2O11P/c1-21(2,3)19(28)31-15-34-37(30,35-16-32-20(29)22(4,5)6)33-13-23(7)11-9-18(36-23)25(8)12-10-17(27)24-14-26/h10,12,14,18H,9,11,13,15-16H2,1-8H3,(H,24,26,27)/b12-10-/t18?,23-/m0/s1. The Bertz CT molecular complexity index is 858. The minimum Gasteiger partial charge on any atom is -0.437 e. The highest BCUT2D eigenvalue weighted by molar-refractivity contribution is 7.48. The van der Waals surface area contributed by atoms with Crippen LogP contribution in [0.25, 0.3) is 0 Å². The van der Waals surface area contributed by atoms with Crippen LogP contribution in [0.2, 0.25) is 0 Å². The van der Waals surface area contributed by atoms with E-state index in [0.717, 1.165) is 0 Å². The lowest BCUT2D eigenvalue weighted by molar-refractivity contribution is -0.164. The number of phosphoric acid groups is 1. The first-order valence-electron chi connectivity index (χ1n) is 11.6. The smallest absolute Gasteiger partial charge is 0.437 e. The third-order valence-electron chi connectivity index (χ3n) is 5.01. The van der Waals surface area contributed by atoms with Crippen molar-refractivity contribution in [2.45, 2.75) is 73.1 Å². The Labute approximate surface area is 217 Å². The molecule has 0 saturated carbocycles. The van der Waals surface area contributed by atoms with Crippen LogP contribution >= 0.6 is 7.82 Å². The van der Waals surface area contributed by atoms with Crippen molar-refractivity contribution in [3.63, 3.8) is 0 Å². The third-order valence-corrected chi connectivity index (χ3v) is 6.30. The lowest BCUT2D eigenvalue weighted by Gasteiger charge is -2.29. The van der Waals surface area contributed by atoms with Crippen LogP contribution in [0.4, 0.5) is 0 Å². The summed E-state index contributed by atoms with van der Waals surface area (Å²) in [6.07, 6.45) is 3.53. The molecule has 0 aromatic heterocycles. The maximum atomic E-state index is 13.2. The molecule has 14 heteroatoms. The molecule has 1 rings (SSSR count). The van der Waals surface area contributed by atoms with E-state index in [1.807, 2.05) is 5.32 Å². The van der Waals surface area contributed by atoms with Gasteiger partial charge < -0.3 is 19.1 Å². The highest BCUT2D eigenvalue weighted by atomic mass is 31.2. The number of amides is 2. The first-order chi connectivity index (χ1) is 16.9. The molecule has 0 bridgehead atoms. The Morgan fingerprint density at radius 1 is 1.03 bits per heavy atom. The van der Waals surface area contributed by atoms with Gasteiger partial charge in [-0.25, -0.2) is 13.6 Å². The number of hydrogen-bond donors (Lipinski definition) is 1. The van der Waals surface area contributed by atoms with E-state index >= 15 is 0 Å². The van der Waals surface area contributed by atoms with Gasteiger partial charge in [-0.15, -0.1) is 0 Å². The monoisotopic (exact) mass is 550 g/mol. The lowest BCUT2D eigenvalue weighted by Crippen LogP contribution is -2.35. The second kappa shape index (κ2) is 13.5. The fraction of sp³-hybridized carbons (Fsp3) is 0.739. The molecule has 1 heterocycles. The molecule has 212 valence electrons. The van der Waals surface area contributed by atoms with Crippen LogP contribution < -0.4 is 5.32 Å². The van der Waals surface area contributed by atoms with Crippen LogP contribution in [-0.2, 0) is 51.5 Å². The van der Waals surface area contributed by atoms with Crippen LogP contribution in [0, 0.1) is 10.8 Å². The molecule has 1 unspecified atom stereocenters. The number of imide groups is 1. The average Bonchev–Trinajstić information content (AvgIpc) is 3.17. The van der Waals surface area contributed by atoms with Gasteiger partial charge in [-0.05, 0) is 61.3 Å². The normalized spacial score (nSPS) is 20.5. The van der Waals surface area contributed by atoms with Gasteiger partial charge >= 0.3 is 19.8 Å². The highest BCUT2D eigenvalue weighted by Gasteiger charge is 2.41. The van der Waals surface area contributed by atoms with Gasteiger partial charge in [-0.3, -0.25) is 29.0 Å². The number of esters is 2. The van der Waals surface area contributed by atoms with Crippen LogP contribution in [0.3, 0.4) is 0 Å². The van der Waals surface area contributed by atoms with Gasteiger partial charge in [0, 0.05) is 19.3 Å². The summed E-state index contributed by atoms with van der Waals surface area (Å²) in [5.41, 5.74) is -2.54. The highest BCUT2D eigenvalue weighted by Crippen LogP contribution is 2.51. The maximum Gasteiger partial charge on any atom is 0.480 e. The Morgan fingerprint density at radius 3 is 2.00 bits per heavy atom. The van der Waals surface area contributed by atoms with Gasteiger partial charge in [0.2, 0.25) is 20.0 Å². The minimum atomic E-state index is -4.36. The fourth-order valence-corrected chi connectivity index (χ4v) is 3.72. The van der Waals surface area contributed by atoms with Crippen molar-refractivity contribution in [3.8, 4) is 0 Å². The number of ether oxygens (including phenoxy) is 3. The predicted molar refractivity (Wildman–Crippen MR) is 130 cm³/mol. The predicted octanol–water partition coefficient (Wildman–Crippen LogP) is 2.85. The Morgan fingerprint density at radius 2 is 1.54 bits per heavy atom. The van der Waals surface area contributed by atoms with Gasteiger partial charge in [0.15, 0.2) is 0 Å². The number of carbonyl (C=O) groups is 4. The summed E-state index contributed by atoms with van der Waals surface area (Å²) in [7, 11) is -2.67. The van der Waals surface area contributed by atoms with Gasteiger partial charge in [-0.1, -0.05) is 0 Å². The zero-order valence-corrected chi connectivity index (χ0v) is 23.6. The molecule has 0 aliphatic carbocycles. The van der Waals surface area contributed by atoms with E-state index < -0.39 is 61.9 Å². The van der Waals surface area contributed by atoms with Crippen molar-refractivity contribution in [1.82, 2.24) is 10.2 Å². The lowest BCUT2D eigenvalue weighted by atomic mass is 9.98. The maximum absolute atomic E-state index is 13.2. The Balaban J connectivity index is 2.79. The van der Waals surface area contributed by atoms with Crippen molar-refractivity contribution in [2.24, 2.45) is 10.8 Å². The molecule has 2 atom stereocenters. The van der Waals surface area contributed by atoms with Crippen molar-refractivity contribution < 1.29 is 51.5 Å². The van der Waals surface area contributed by atoms with Crippen molar-refractivity contribution in [2.75, 3.05) is 27.2 Å². The van der Waals surface area contributed by atoms with Crippen molar-refractivity contribution in [3.05, 3.63) is 12.3 Å². The molecule has 0 spiro atoms. The molecule has 1 N–H and O–H groups in total. The third kappa shape index (κ3) is 11.7. The van der Waals surface area contributed by atoms with Gasteiger partial charge in [0.25, 0.3) is 5.91 Å². The first-order valence-corrected chi connectivity index (χ1v) is 13.1. The summed E-state index contributed by atoms with van der Waals surface area (Å²) in [6, 6.07) is 0. The number of carbonyl (C=O) groups excluding carboxylic acids is 4. The second-order valence-electron chi connectivity index (χ2n) is 10.7. The molecular weight excluding hydrogens is 511 g/mol. The van der Waals surface area contributed by atoms with Gasteiger partial charge in [-0.2, -0.15) is 0 Å². The molecule has 1 aliphatic rings. The van der Waals surface area contributed by atoms with Crippen molar-refractivity contribution >= 4 is 32.1 Å². The topological polar surface area (TPSA) is 156 Å². The summed E-state index contributed by atoms with van der Waals surface area (Å²) in [6.45, 7) is 9.93. The molecule has 37 heavy (non-hydrogen) atoms. The quantitative estimate of drug-likeness (QED) is 0.118. The van der Waals surface area contributed by atoms with E-state index in [4.69, 9.17) is 27.8 Å². The molecule has 1 aliphatic heterocycles. The van der Waals surface area contributed by atoms with Crippen LogP contribution in [0.1, 0.15) is 61.3 Å². The average molecular weight is 551 g/mol. The zero-order valence-electron chi connectivity index (χ0n) is 22.7. The number of rotatable bonds is 13. The minimum absolute atomic E-state index is 0.232. The number of phosphoric ester groups is 1. The summed E-state index contributed by atoms with van der Waals surface area (Å²) in [4.78, 5) is 47.4. The number of nitrogens with zero attached hydrogens (tertiary/aromatic N) is 1. The summed E-state index contributed by atoms with van der Waals surface area (Å²) in [5.74, 6) is -1.77.